The molecule has 3 nitrogen and oxygen atoms in total. The fraction of sp³-hybridized carbons (Fsp3) is 0.0769. The number of pyridine rings is 1. The van der Waals surface area contributed by atoms with Gasteiger partial charge in [0.1, 0.15) is 0 Å². The number of hydrogen-bond donors (Lipinski definition) is 0. The average Bonchev–Trinajstić information content (AvgIpc) is 2.41. The highest BCUT2D eigenvalue weighted by molar-refractivity contribution is 5.87. The molecule has 0 atom stereocenters. The van der Waals surface area contributed by atoms with Gasteiger partial charge in [-0.2, -0.15) is 0 Å². The summed E-state index contributed by atoms with van der Waals surface area (Å²) in [6, 6.07) is 5.13. The van der Waals surface area contributed by atoms with Gasteiger partial charge in [0, 0.05) is 29.0 Å². The third kappa shape index (κ3) is 2.07. The number of aromatic nitrogens is 1. The summed E-state index contributed by atoms with van der Waals surface area (Å²) in [5, 5.41) is 0. The topological polar surface area (TPSA) is 39.2 Å². The van der Waals surface area contributed by atoms with Crippen molar-refractivity contribution in [1.82, 2.24) is 4.98 Å². The molecule has 5 heteroatoms. The van der Waals surface area contributed by atoms with Gasteiger partial charge in [-0.25, -0.2) is 13.8 Å². The molecule has 1 heterocycles. The van der Waals surface area contributed by atoms with Crippen LogP contribution in [0, 0.1) is 11.6 Å². The maximum absolute atomic E-state index is 13.6. The minimum atomic E-state index is -1.01. The molecular formula is C13H9F2NO2. The van der Waals surface area contributed by atoms with Crippen molar-refractivity contribution in [3.63, 3.8) is 0 Å². The summed E-state index contributed by atoms with van der Waals surface area (Å²) < 4.78 is 31.6. The molecule has 0 bridgehead atoms. The van der Waals surface area contributed by atoms with Crippen molar-refractivity contribution in [3.8, 4) is 17.0 Å². The highest BCUT2D eigenvalue weighted by Gasteiger charge is 2.14. The van der Waals surface area contributed by atoms with Crippen molar-refractivity contribution < 1.29 is 18.3 Å². The van der Waals surface area contributed by atoms with Crippen molar-refractivity contribution in [2.24, 2.45) is 0 Å². The van der Waals surface area contributed by atoms with Crippen LogP contribution in [-0.2, 0) is 0 Å². The zero-order valence-electron chi connectivity index (χ0n) is 9.48. The Balaban J connectivity index is 2.63. The van der Waals surface area contributed by atoms with E-state index in [1.807, 2.05) is 0 Å². The van der Waals surface area contributed by atoms with Gasteiger partial charge in [0.15, 0.2) is 17.9 Å². The van der Waals surface area contributed by atoms with E-state index in [9.17, 15) is 13.6 Å². The Morgan fingerprint density at radius 2 is 2.06 bits per heavy atom. The van der Waals surface area contributed by atoms with Crippen LogP contribution < -0.4 is 4.74 Å². The van der Waals surface area contributed by atoms with E-state index in [1.165, 1.54) is 31.5 Å². The number of nitrogens with zero attached hydrogens (tertiary/aromatic N) is 1. The van der Waals surface area contributed by atoms with Crippen LogP contribution in [0.5, 0.6) is 5.88 Å². The number of carbonyl (C=O) groups excluding carboxylic acids is 1. The predicted octanol–water partition coefficient (Wildman–Crippen LogP) is 2.85. The first-order chi connectivity index (χ1) is 8.67. The molecule has 92 valence electrons. The molecule has 0 saturated carbocycles. The molecule has 0 fully saturated rings. The number of rotatable bonds is 3. The van der Waals surface area contributed by atoms with Gasteiger partial charge in [0.25, 0.3) is 0 Å². The van der Waals surface area contributed by atoms with Gasteiger partial charge < -0.3 is 4.74 Å². The molecule has 0 saturated heterocycles. The zero-order chi connectivity index (χ0) is 13.1. The highest BCUT2D eigenvalue weighted by Crippen LogP contribution is 2.27. The summed E-state index contributed by atoms with van der Waals surface area (Å²) in [4.78, 5) is 14.8. The van der Waals surface area contributed by atoms with Crippen LogP contribution in [0.1, 0.15) is 10.4 Å². The van der Waals surface area contributed by atoms with E-state index in [0.717, 1.165) is 6.07 Å². The van der Waals surface area contributed by atoms with E-state index in [0.29, 0.717) is 6.29 Å². The summed E-state index contributed by atoms with van der Waals surface area (Å²) >= 11 is 0. The van der Waals surface area contributed by atoms with Crippen LogP contribution in [0.2, 0.25) is 0 Å². The lowest BCUT2D eigenvalue weighted by Gasteiger charge is -2.07. The molecule has 18 heavy (non-hydrogen) atoms. The van der Waals surface area contributed by atoms with Gasteiger partial charge >= 0.3 is 0 Å². The third-order valence-electron chi connectivity index (χ3n) is 2.49. The van der Waals surface area contributed by atoms with Gasteiger partial charge in [0.05, 0.1) is 7.11 Å². The molecule has 0 radical (unpaired) electrons. The molecule has 0 N–H and O–H groups in total. The second-order valence-corrected chi connectivity index (χ2v) is 3.53. The summed E-state index contributed by atoms with van der Waals surface area (Å²) in [6.07, 6.45) is 1.82. The largest absolute Gasteiger partial charge is 0.481 e. The Kier molecular flexibility index (Phi) is 3.32. The molecule has 1 aromatic heterocycles. The van der Waals surface area contributed by atoms with Crippen molar-refractivity contribution >= 4 is 6.29 Å². The maximum atomic E-state index is 13.6. The van der Waals surface area contributed by atoms with Crippen LogP contribution in [0.25, 0.3) is 11.1 Å². The van der Waals surface area contributed by atoms with Crippen LogP contribution in [-0.4, -0.2) is 18.4 Å². The number of methoxy groups -OCH3 is 1. The summed E-state index contributed by atoms with van der Waals surface area (Å²) in [5.41, 5.74) is 0.404. The van der Waals surface area contributed by atoms with E-state index in [-0.39, 0.29) is 22.6 Å². The molecule has 0 aliphatic carbocycles. The lowest BCUT2D eigenvalue weighted by molar-refractivity contribution is 0.112. The number of benzene rings is 1. The Bertz CT molecular complexity index is 600. The molecular weight excluding hydrogens is 240 g/mol. The molecule has 1 aromatic carbocycles. The van der Waals surface area contributed by atoms with Gasteiger partial charge in [-0.15, -0.1) is 0 Å². The summed E-state index contributed by atoms with van der Waals surface area (Å²) in [7, 11) is 1.40. The Hall–Kier alpha value is -2.30. The van der Waals surface area contributed by atoms with Crippen molar-refractivity contribution in [2.75, 3.05) is 7.11 Å². The Morgan fingerprint density at radius 3 is 2.72 bits per heavy atom. The van der Waals surface area contributed by atoms with Crippen molar-refractivity contribution in [2.45, 2.75) is 0 Å². The summed E-state index contributed by atoms with van der Waals surface area (Å²) in [5.74, 6) is -1.75. The first-order valence-electron chi connectivity index (χ1n) is 5.11. The first kappa shape index (κ1) is 12.2. The smallest absolute Gasteiger partial charge is 0.213 e. The van der Waals surface area contributed by atoms with E-state index >= 15 is 0 Å². The average molecular weight is 249 g/mol. The Morgan fingerprint density at radius 1 is 1.28 bits per heavy atom. The maximum Gasteiger partial charge on any atom is 0.213 e. The fourth-order valence-electron chi connectivity index (χ4n) is 1.60. The van der Waals surface area contributed by atoms with Gasteiger partial charge in [-0.05, 0) is 6.07 Å². The molecule has 0 unspecified atom stereocenters. The lowest BCUT2D eigenvalue weighted by atomic mass is 10.0. The Labute approximate surface area is 102 Å². The molecule has 0 aliphatic heterocycles. The monoisotopic (exact) mass is 249 g/mol. The highest BCUT2D eigenvalue weighted by atomic mass is 19.2. The van der Waals surface area contributed by atoms with Crippen molar-refractivity contribution in [3.05, 3.63) is 47.7 Å². The van der Waals surface area contributed by atoms with Crippen LogP contribution in [0.3, 0.4) is 0 Å². The molecule has 0 amide bonds. The minimum Gasteiger partial charge on any atom is -0.481 e. The SMILES string of the molecule is COc1cc(C=O)c(-c2cccc(F)c2F)cn1. The van der Waals surface area contributed by atoms with Crippen LogP contribution in [0.4, 0.5) is 8.78 Å². The van der Waals surface area contributed by atoms with E-state index < -0.39 is 11.6 Å². The van der Waals surface area contributed by atoms with Gasteiger partial charge in [-0.1, -0.05) is 12.1 Å². The number of ether oxygens (including phenoxy) is 1. The number of halogens is 2. The number of aldehydes is 1. The van der Waals surface area contributed by atoms with E-state index in [1.54, 1.807) is 0 Å². The predicted molar refractivity (Wildman–Crippen MR) is 61.5 cm³/mol. The van der Waals surface area contributed by atoms with E-state index in [2.05, 4.69) is 4.98 Å². The fourth-order valence-corrected chi connectivity index (χ4v) is 1.60. The van der Waals surface area contributed by atoms with Crippen LogP contribution in [0.15, 0.2) is 30.5 Å². The van der Waals surface area contributed by atoms with Crippen LogP contribution >= 0.6 is 0 Å². The van der Waals surface area contributed by atoms with Gasteiger partial charge in [-0.3, -0.25) is 4.79 Å². The number of hydrogen-bond acceptors (Lipinski definition) is 3. The lowest BCUT2D eigenvalue weighted by Crippen LogP contribution is -1.96. The second-order valence-electron chi connectivity index (χ2n) is 3.53. The molecule has 2 aromatic rings. The first-order valence-corrected chi connectivity index (χ1v) is 5.11. The minimum absolute atomic E-state index is 0.00717. The zero-order valence-corrected chi connectivity index (χ0v) is 9.48. The standard InChI is InChI=1S/C13H9F2NO2/c1-18-12-5-8(7-17)10(6-16-12)9-3-2-4-11(14)13(9)15/h2-7H,1H3. The molecule has 2 rings (SSSR count). The second kappa shape index (κ2) is 4.91. The normalized spacial score (nSPS) is 10.2. The van der Waals surface area contributed by atoms with Gasteiger partial charge in [0.2, 0.25) is 5.88 Å². The van der Waals surface area contributed by atoms with Crippen molar-refractivity contribution in [1.29, 1.82) is 0 Å². The van der Waals surface area contributed by atoms with E-state index in [4.69, 9.17) is 4.74 Å². The third-order valence-corrected chi connectivity index (χ3v) is 2.49. The molecule has 0 spiro atoms. The molecule has 0 aliphatic rings. The number of carbonyl (C=O) groups is 1. The quantitative estimate of drug-likeness (QED) is 0.785. The summed E-state index contributed by atoms with van der Waals surface area (Å²) in [6.45, 7) is 0.